The van der Waals surface area contributed by atoms with E-state index in [9.17, 15) is 4.79 Å². The second kappa shape index (κ2) is 6.34. The summed E-state index contributed by atoms with van der Waals surface area (Å²) in [4.78, 5) is 15.5. The summed E-state index contributed by atoms with van der Waals surface area (Å²) in [5, 5.41) is 9.71. The standard InChI is InChI=1S/C16H21ClN2O3/c1-22-12-2-3-14(17)15(9-12)19-6-4-18(5-7-19)10-11-8-13(11)16(20)21/h2-3,9,11,13H,4-8,10H2,1H3,(H,20,21)/t11-,13+/m0/s1. The third-order valence-electron chi connectivity index (χ3n) is 4.60. The molecular weight excluding hydrogens is 304 g/mol. The molecule has 3 rings (SSSR count). The topological polar surface area (TPSA) is 53.0 Å². The van der Waals surface area contributed by atoms with Gasteiger partial charge in [-0.2, -0.15) is 0 Å². The van der Waals surface area contributed by atoms with Crippen molar-refractivity contribution in [3.05, 3.63) is 23.2 Å². The van der Waals surface area contributed by atoms with Crippen molar-refractivity contribution in [1.29, 1.82) is 0 Å². The Morgan fingerprint density at radius 1 is 1.36 bits per heavy atom. The SMILES string of the molecule is COc1ccc(Cl)c(N2CCN(C[C@@H]3C[C@H]3C(=O)O)CC2)c1. The van der Waals surface area contributed by atoms with Crippen molar-refractivity contribution in [2.24, 2.45) is 11.8 Å². The highest BCUT2D eigenvalue weighted by Crippen LogP contribution is 2.39. The van der Waals surface area contributed by atoms with Gasteiger partial charge in [0.25, 0.3) is 0 Å². The van der Waals surface area contributed by atoms with Crippen LogP contribution in [0.4, 0.5) is 5.69 Å². The van der Waals surface area contributed by atoms with Crippen molar-refractivity contribution in [2.75, 3.05) is 44.7 Å². The molecular formula is C16H21ClN2O3. The molecule has 0 amide bonds. The number of carboxylic acid groups (broad SMARTS) is 1. The average molecular weight is 325 g/mol. The van der Waals surface area contributed by atoms with Crippen LogP contribution >= 0.6 is 11.6 Å². The maximum Gasteiger partial charge on any atom is 0.306 e. The lowest BCUT2D eigenvalue weighted by Crippen LogP contribution is -2.47. The number of piperazine rings is 1. The van der Waals surface area contributed by atoms with Crippen LogP contribution in [0.5, 0.6) is 5.75 Å². The fraction of sp³-hybridized carbons (Fsp3) is 0.562. The Morgan fingerprint density at radius 2 is 2.09 bits per heavy atom. The van der Waals surface area contributed by atoms with E-state index in [2.05, 4.69) is 9.80 Å². The molecule has 1 saturated heterocycles. The fourth-order valence-corrected chi connectivity index (χ4v) is 3.35. The summed E-state index contributed by atoms with van der Waals surface area (Å²) in [5.74, 6) is 0.381. The van der Waals surface area contributed by atoms with E-state index in [4.69, 9.17) is 21.4 Å². The molecule has 0 bridgehead atoms. The molecule has 2 atom stereocenters. The predicted molar refractivity (Wildman–Crippen MR) is 85.9 cm³/mol. The van der Waals surface area contributed by atoms with Gasteiger partial charge in [-0.25, -0.2) is 0 Å². The Balaban J connectivity index is 1.55. The highest BCUT2D eigenvalue weighted by molar-refractivity contribution is 6.33. The Labute approximate surface area is 135 Å². The van der Waals surface area contributed by atoms with Gasteiger partial charge in [0, 0.05) is 38.8 Å². The number of anilines is 1. The zero-order valence-corrected chi connectivity index (χ0v) is 13.4. The highest BCUT2D eigenvalue weighted by Gasteiger charge is 2.44. The number of benzene rings is 1. The van der Waals surface area contributed by atoms with Crippen LogP contribution in [0.15, 0.2) is 18.2 Å². The first-order valence-electron chi connectivity index (χ1n) is 7.62. The van der Waals surface area contributed by atoms with Gasteiger partial charge in [0.05, 0.1) is 23.7 Å². The summed E-state index contributed by atoms with van der Waals surface area (Å²) in [6.45, 7) is 4.58. The van der Waals surface area contributed by atoms with Crippen LogP contribution in [0.2, 0.25) is 5.02 Å². The maximum atomic E-state index is 10.9. The molecule has 0 aromatic heterocycles. The van der Waals surface area contributed by atoms with Gasteiger partial charge in [0.1, 0.15) is 5.75 Å². The Hall–Kier alpha value is -1.46. The van der Waals surface area contributed by atoms with Crippen molar-refractivity contribution in [1.82, 2.24) is 4.90 Å². The molecule has 1 heterocycles. The first-order chi connectivity index (χ1) is 10.6. The van der Waals surface area contributed by atoms with Gasteiger partial charge in [-0.15, -0.1) is 0 Å². The summed E-state index contributed by atoms with van der Waals surface area (Å²) in [5.41, 5.74) is 1.01. The van der Waals surface area contributed by atoms with Crippen molar-refractivity contribution in [3.8, 4) is 5.75 Å². The minimum atomic E-state index is -0.646. The lowest BCUT2D eigenvalue weighted by Gasteiger charge is -2.36. The number of carboxylic acids is 1. The second-order valence-electron chi connectivity index (χ2n) is 6.05. The first kappa shape index (κ1) is 15.4. The summed E-state index contributed by atoms with van der Waals surface area (Å²) < 4.78 is 5.27. The molecule has 2 aliphatic rings. The molecule has 1 aliphatic heterocycles. The number of carbonyl (C=O) groups is 1. The molecule has 0 unspecified atom stereocenters. The number of aliphatic carboxylic acids is 1. The molecule has 0 radical (unpaired) electrons. The van der Waals surface area contributed by atoms with E-state index >= 15 is 0 Å². The van der Waals surface area contributed by atoms with Crippen LogP contribution in [-0.2, 0) is 4.79 Å². The van der Waals surface area contributed by atoms with Gasteiger partial charge in [-0.1, -0.05) is 11.6 Å². The maximum absolute atomic E-state index is 10.9. The van der Waals surface area contributed by atoms with Crippen LogP contribution in [0.3, 0.4) is 0 Å². The van der Waals surface area contributed by atoms with E-state index in [0.29, 0.717) is 5.92 Å². The highest BCUT2D eigenvalue weighted by atomic mass is 35.5. The molecule has 0 spiro atoms. The molecule has 2 fully saturated rings. The van der Waals surface area contributed by atoms with Crippen LogP contribution in [-0.4, -0.2) is 55.8 Å². The number of nitrogens with zero attached hydrogens (tertiary/aromatic N) is 2. The predicted octanol–water partition coefficient (Wildman–Crippen LogP) is 2.19. The van der Waals surface area contributed by atoms with Gasteiger partial charge < -0.3 is 14.7 Å². The normalized spacial score (nSPS) is 25.1. The van der Waals surface area contributed by atoms with E-state index in [-0.39, 0.29) is 5.92 Å². The molecule has 1 N–H and O–H groups in total. The van der Waals surface area contributed by atoms with E-state index < -0.39 is 5.97 Å². The van der Waals surface area contributed by atoms with Gasteiger partial charge in [-0.3, -0.25) is 9.69 Å². The molecule has 1 aromatic carbocycles. The monoisotopic (exact) mass is 324 g/mol. The van der Waals surface area contributed by atoms with Crippen molar-refractivity contribution in [3.63, 3.8) is 0 Å². The lowest BCUT2D eigenvalue weighted by atomic mass is 10.2. The van der Waals surface area contributed by atoms with Gasteiger partial charge in [0.2, 0.25) is 0 Å². The summed E-state index contributed by atoms with van der Waals surface area (Å²) in [6.07, 6.45) is 0.831. The third kappa shape index (κ3) is 3.31. The number of ether oxygens (including phenoxy) is 1. The van der Waals surface area contributed by atoms with E-state index in [1.807, 2.05) is 18.2 Å². The Kier molecular flexibility index (Phi) is 4.45. The molecule has 1 aromatic rings. The summed E-state index contributed by atoms with van der Waals surface area (Å²) in [6, 6.07) is 5.70. The number of hydrogen-bond donors (Lipinski definition) is 1. The van der Waals surface area contributed by atoms with Gasteiger partial charge in [-0.05, 0) is 24.5 Å². The van der Waals surface area contributed by atoms with Crippen LogP contribution in [0, 0.1) is 11.8 Å². The Bertz CT molecular complexity index is 558. The van der Waals surface area contributed by atoms with E-state index in [1.165, 1.54) is 0 Å². The zero-order valence-electron chi connectivity index (χ0n) is 12.7. The molecule has 5 nitrogen and oxygen atoms in total. The van der Waals surface area contributed by atoms with Crippen LogP contribution in [0.1, 0.15) is 6.42 Å². The summed E-state index contributed by atoms with van der Waals surface area (Å²) >= 11 is 6.30. The van der Waals surface area contributed by atoms with Crippen molar-refractivity contribution in [2.45, 2.75) is 6.42 Å². The van der Waals surface area contributed by atoms with E-state index in [0.717, 1.165) is 55.6 Å². The molecule has 1 saturated carbocycles. The first-order valence-corrected chi connectivity index (χ1v) is 8.00. The lowest BCUT2D eigenvalue weighted by molar-refractivity contribution is -0.138. The van der Waals surface area contributed by atoms with Gasteiger partial charge in [0.15, 0.2) is 0 Å². The quantitative estimate of drug-likeness (QED) is 0.900. The molecule has 1 aliphatic carbocycles. The van der Waals surface area contributed by atoms with Crippen molar-refractivity contribution >= 4 is 23.3 Å². The number of methoxy groups -OCH3 is 1. The molecule has 22 heavy (non-hydrogen) atoms. The molecule has 6 heteroatoms. The second-order valence-corrected chi connectivity index (χ2v) is 6.45. The minimum absolute atomic E-state index is 0.120. The van der Waals surface area contributed by atoms with Crippen LogP contribution in [0.25, 0.3) is 0 Å². The number of rotatable bonds is 5. The van der Waals surface area contributed by atoms with Crippen molar-refractivity contribution < 1.29 is 14.6 Å². The fourth-order valence-electron chi connectivity index (χ4n) is 3.12. The smallest absolute Gasteiger partial charge is 0.306 e. The zero-order chi connectivity index (χ0) is 15.7. The van der Waals surface area contributed by atoms with Gasteiger partial charge >= 0.3 is 5.97 Å². The third-order valence-corrected chi connectivity index (χ3v) is 4.92. The average Bonchev–Trinajstić information content (AvgIpc) is 3.28. The molecule has 120 valence electrons. The van der Waals surface area contributed by atoms with E-state index in [1.54, 1.807) is 7.11 Å². The summed E-state index contributed by atoms with van der Waals surface area (Å²) in [7, 11) is 1.65. The van der Waals surface area contributed by atoms with Crippen LogP contribution < -0.4 is 9.64 Å². The largest absolute Gasteiger partial charge is 0.497 e. The number of halogens is 1. The number of hydrogen-bond acceptors (Lipinski definition) is 4. The minimum Gasteiger partial charge on any atom is -0.497 e. The Morgan fingerprint density at radius 3 is 2.68 bits per heavy atom.